The van der Waals surface area contributed by atoms with Gasteiger partial charge in [0.05, 0.1) is 10.0 Å². The molecule has 1 aromatic heterocycles. The zero-order valence-electron chi connectivity index (χ0n) is 20.3. The number of rotatable bonds is 8. The Balaban J connectivity index is 1.26. The summed E-state index contributed by atoms with van der Waals surface area (Å²) in [7, 11) is 0. The number of nitrogens with zero attached hydrogens (tertiary/aromatic N) is 5. The topological polar surface area (TPSA) is 66.3 Å². The summed E-state index contributed by atoms with van der Waals surface area (Å²) >= 11 is 12.6. The summed E-state index contributed by atoms with van der Waals surface area (Å²) in [5.74, 6) is 1.09. The summed E-state index contributed by atoms with van der Waals surface area (Å²) in [6.07, 6.45) is 5.86. The first kappa shape index (κ1) is 25.1. The first-order valence-electron chi connectivity index (χ1n) is 12.7. The Kier molecular flexibility index (Phi) is 8.09. The Bertz CT molecular complexity index is 1160. The number of hydrogen-bond donors (Lipinski definition) is 1. The summed E-state index contributed by atoms with van der Waals surface area (Å²) in [4.78, 5) is 16.8. The second-order valence-corrected chi connectivity index (χ2v) is 10.5. The van der Waals surface area contributed by atoms with Gasteiger partial charge in [0, 0.05) is 50.2 Å². The van der Waals surface area contributed by atoms with E-state index in [1.807, 2.05) is 41.6 Å². The molecule has 0 aliphatic carbocycles. The zero-order valence-corrected chi connectivity index (χ0v) is 21.8. The maximum absolute atomic E-state index is 12.2. The molecule has 3 heterocycles. The van der Waals surface area contributed by atoms with Crippen molar-refractivity contribution < 1.29 is 4.79 Å². The van der Waals surface area contributed by atoms with Gasteiger partial charge in [-0.05, 0) is 49.9 Å². The van der Waals surface area contributed by atoms with Gasteiger partial charge in [-0.1, -0.05) is 59.6 Å². The molecule has 2 aromatic carbocycles. The quantitative estimate of drug-likeness (QED) is 0.432. The summed E-state index contributed by atoms with van der Waals surface area (Å²) in [6.45, 7) is 5.41. The zero-order chi connectivity index (χ0) is 24.9. The minimum Gasteiger partial charge on any atom is -0.338 e. The summed E-state index contributed by atoms with van der Waals surface area (Å²) in [5.41, 5.74) is 2.21. The molecule has 2 saturated heterocycles. The molecule has 0 radical (unpaired) electrons. The summed E-state index contributed by atoms with van der Waals surface area (Å²) < 4.78 is 2.13. The molecule has 1 unspecified atom stereocenters. The van der Waals surface area contributed by atoms with Crippen molar-refractivity contribution in [2.24, 2.45) is 0 Å². The number of amides is 2. The molecular weight excluding hydrogens is 495 g/mol. The number of urea groups is 1. The van der Waals surface area contributed by atoms with Crippen LogP contribution in [0.4, 0.5) is 4.79 Å². The molecule has 0 saturated carbocycles. The highest BCUT2D eigenvalue weighted by molar-refractivity contribution is 6.42. The molecule has 9 heteroatoms. The van der Waals surface area contributed by atoms with Crippen LogP contribution >= 0.6 is 23.2 Å². The molecule has 3 aromatic rings. The standard InChI is InChI=1S/C27H32Cl2N6O/c28-24-8-7-21(17-25(24)29)22(18-34-19-31-32-26(34)20-5-2-1-3-6-20)9-14-33-15-10-23(11-16-33)35-13-4-12-30-27(35)36/h1-3,5-8,17,19,22-23H,4,9-16,18H2,(H,30,36). The Morgan fingerprint density at radius 2 is 1.83 bits per heavy atom. The van der Waals surface area contributed by atoms with Crippen LogP contribution in [0, 0.1) is 0 Å². The lowest BCUT2D eigenvalue weighted by Gasteiger charge is -2.40. The average Bonchev–Trinajstić information content (AvgIpc) is 3.38. The van der Waals surface area contributed by atoms with Crippen LogP contribution in [0.3, 0.4) is 0 Å². The van der Waals surface area contributed by atoms with Crippen LogP contribution in [0.2, 0.25) is 10.0 Å². The monoisotopic (exact) mass is 526 g/mol. The average molecular weight is 528 g/mol. The van der Waals surface area contributed by atoms with E-state index in [0.29, 0.717) is 16.1 Å². The highest BCUT2D eigenvalue weighted by Crippen LogP contribution is 2.31. The van der Waals surface area contributed by atoms with Gasteiger partial charge in [0.25, 0.3) is 0 Å². The molecule has 0 spiro atoms. The smallest absolute Gasteiger partial charge is 0.317 e. The first-order chi connectivity index (χ1) is 17.6. The minimum atomic E-state index is 0.0996. The van der Waals surface area contributed by atoms with Crippen LogP contribution in [-0.4, -0.2) is 69.4 Å². The number of likely N-dealkylation sites (tertiary alicyclic amines) is 1. The Labute approximate surface area is 222 Å². The van der Waals surface area contributed by atoms with Crippen LogP contribution in [0.1, 0.15) is 37.2 Å². The molecule has 1 atom stereocenters. The SMILES string of the molecule is O=C1NCCCN1C1CCN(CCC(Cn2cnnc2-c2ccccc2)c2ccc(Cl)c(Cl)c2)CC1. The van der Waals surface area contributed by atoms with E-state index in [2.05, 4.69) is 43.2 Å². The molecule has 5 rings (SSSR count). The lowest BCUT2D eigenvalue weighted by atomic mass is 9.94. The van der Waals surface area contributed by atoms with Crippen molar-refractivity contribution >= 4 is 29.2 Å². The fraction of sp³-hybridized carbons (Fsp3) is 0.444. The third-order valence-corrected chi connectivity index (χ3v) is 8.12. The van der Waals surface area contributed by atoms with Crippen molar-refractivity contribution in [1.29, 1.82) is 0 Å². The molecule has 36 heavy (non-hydrogen) atoms. The van der Waals surface area contributed by atoms with Crippen LogP contribution < -0.4 is 5.32 Å². The molecule has 2 amide bonds. The fourth-order valence-corrected chi connectivity index (χ4v) is 5.66. The van der Waals surface area contributed by atoms with Crippen molar-refractivity contribution in [1.82, 2.24) is 29.9 Å². The fourth-order valence-electron chi connectivity index (χ4n) is 5.36. The minimum absolute atomic E-state index is 0.0996. The normalized spacial score (nSPS) is 18.3. The predicted molar refractivity (Wildman–Crippen MR) is 143 cm³/mol. The van der Waals surface area contributed by atoms with E-state index in [0.717, 1.165) is 81.9 Å². The first-order valence-corrected chi connectivity index (χ1v) is 13.5. The van der Waals surface area contributed by atoms with Crippen molar-refractivity contribution in [2.45, 2.75) is 44.2 Å². The van der Waals surface area contributed by atoms with Crippen molar-refractivity contribution in [3.8, 4) is 11.4 Å². The van der Waals surface area contributed by atoms with Gasteiger partial charge in [-0.2, -0.15) is 0 Å². The molecule has 1 N–H and O–H groups in total. The second-order valence-electron chi connectivity index (χ2n) is 9.68. The van der Waals surface area contributed by atoms with Crippen molar-refractivity contribution in [3.63, 3.8) is 0 Å². The molecule has 190 valence electrons. The van der Waals surface area contributed by atoms with E-state index >= 15 is 0 Å². The van der Waals surface area contributed by atoms with Gasteiger partial charge in [0.15, 0.2) is 5.82 Å². The second kappa shape index (κ2) is 11.6. The number of benzene rings is 2. The number of nitrogens with one attached hydrogen (secondary N) is 1. The molecule has 0 bridgehead atoms. The number of halogens is 2. The van der Waals surface area contributed by atoms with E-state index < -0.39 is 0 Å². The molecular formula is C27H32Cl2N6O. The third kappa shape index (κ3) is 5.85. The van der Waals surface area contributed by atoms with Crippen LogP contribution in [0.25, 0.3) is 11.4 Å². The predicted octanol–water partition coefficient (Wildman–Crippen LogP) is 5.31. The van der Waals surface area contributed by atoms with Gasteiger partial charge >= 0.3 is 6.03 Å². The highest BCUT2D eigenvalue weighted by atomic mass is 35.5. The molecule has 2 aliphatic heterocycles. The van der Waals surface area contributed by atoms with E-state index in [1.54, 1.807) is 0 Å². The van der Waals surface area contributed by atoms with Gasteiger partial charge < -0.3 is 19.7 Å². The lowest BCUT2D eigenvalue weighted by Crippen LogP contribution is -2.54. The number of hydrogen-bond acceptors (Lipinski definition) is 4. The Morgan fingerprint density at radius 1 is 1.03 bits per heavy atom. The maximum atomic E-state index is 12.2. The van der Waals surface area contributed by atoms with Gasteiger partial charge in [-0.15, -0.1) is 10.2 Å². The summed E-state index contributed by atoms with van der Waals surface area (Å²) in [5, 5.41) is 12.7. The van der Waals surface area contributed by atoms with Gasteiger partial charge in [0.1, 0.15) is 6.33 Å². The maximum Gasteiger partial charge on any atom is 0.317 e. The Hall–Kier alpha value is -2.61. The number of carbonyl (C=O) groups is 1. The molecule has 2 aliphatic rings. The highest BCUT2D eigenvalue weighted by Gasteiger charge is 2.29. The van der Waals surface area contributed by atoms with Gasteiger partial charge in [-0.25, -0.2) is 4.79 Å². The van der Waals surface area contributed by atoms with E-state index in [9.17, 15) is 4.79 Å². The largest absolute Gasteiger partial charge is 0.338 e. The van der Waals surface area contributed by atoms with Crippen molar-refractivity contribution in [3.05, 3.63) is 70.5 Å². The Morgan fingerprint density at radius 3 is 2.58 bits per heavy atom. The van der Waals surface area contributed by atoms with Crippen molar-refractivity contribution in [2.75, 3.05) is 32.7 Å². The van der Waals surface area contributed by atoms with Crippen LogP contribution in [0.5, 0.6) is 0 Å². The van der Waals surface area contributed by atoms with Crippen LogP contribution in [-0.2, 0) is 6.54 Å². The van der Waals surface area contributed by atoms with Crippen LogP contribution in [0.15, 0.2) is 54.9 Å². The number of piperidine rings is 1. The van der Waals surface area contributed by atoms with E-state index in [1.165, 1.54) is 0 Å². The number of aromatic nitrogens is 3. The van der Waals surface area contributed by atoms with Gasteiger partial charge in [-0.3, -0.25) is 0 Å². The number of carbonyl (C=O) groups excluding carboxylic acids is 1. The van der Waals surface area contributed by atoms with Gasteiger partial charge in [0.2, 0.25) is 0 Å². The third-order valence-electron chi connectivity index (χ3n) is 7.38. The lowest BCUT2D eigenvalue weighted by molar-refractivity contribution is 0.110. The van der Waals surface area contributed by atoms with E-state index in [-0.39, 0.29) is 11.9 Å². The summed E-state index contributed by atoms with van der Waals surface area (Å²) in [6, 6.07) is 16.5. The van der Waals surface area contributed by atoms with E-state index in [4.69, 9.17) is 23.2 Å². The molecule has 7 nitrogen and oxygen atoms in total. The molecule has 2 fully saturated rings.